The van der Waals surface area contributed by atoms with Crippen molar-refractivity contribution in [1.82, 2.24) is 4.90 Å². The molecule has 0 spiro atoms. The van der Waals surface area contributed by atoms with E-state index in [2.05, 4.69) is 23.2 Å². The number of hydrogen-bond donors (Lipinski definition) is 1. The molecule has 1 aromatic rings. The summed E-state index contributed by atoms with van der Waals surface area (Å²) in [6, 6.07) is 8.02. The number of amides is 1. The summed E-state index contributed by atoms with van der Waals surface area (Å²) in [5, 5.41) is 2.98. The maximum atomic E-state index is 12.0. The van der Waals surface area contributed by atoms with Gasteiger partial charge in [0.2, 0.25) is 5.91 Å². The van der Waals surface area contributed by atoms with Crippen molar-refractivity contribution in [3.8, 4) is 0 Å². The van der Waals surface area contributed by atoms with E-state index < -0.39 is 0 Å². The highest BCUT2D eigenvalue weighted by molar-refractivity contribution is 5.90. The van der Waals surface area contributed by atoms with Gasteiger partial charge in [0.1, 0.15) is 0 Å². The highest BCUT2D eigenvalue weighted by Crippen LogP contribution is 2.22. The Hall–Kier alpha value is -1.39. The van der Waals surface area contributed by atoms with Crippen molar-refractivity contribution < 1.29 is 9.53 Å². The van der Waals surface area contributed by atoms with Crippen LogP contribution in [0.2, 0.25) is 0 Å². The Kier molecular flexibility index (Phi) is 5.76. The van der Waals surface area contributed by atoms with Crippen LogP contribution in [0, 0.1) is 0 Å². The number of hydrogen-bond acceptors (Lipinski definition) is 3. The van der Waals surface area contributed by atoms with Crippen molar-refractivity contribution >= 4 is 11.6 Å². The van der Waals surface area contributed by atoms with E-state index in [9.17, 15) is 4.79 Å². The fourth-order valence-electron chi connectivity index (χ4n) is 2.73. The molecule has 116 valence electrons. The number of nitrogens with zero attached hydrogens (tertiary/aromatic N) is 1. The van der Waals surface area contributed by atoms with E-state index in [0.717, 1.165) is 31.5 Å². The van der Waals surface area contributed by atoms with E-state index in [1.54, 1.807) is 0 Å². The minimum atomic E-state index is 0.0696. The number of carbonyl (C=O) groups excluding carboxylic acids is 1. The largest absolute Gasteiger partial charge is 0.375 e. The summed E-state index contributed by atoms with van der Waals surface area (Å²) in [5.74, 6) is 0.0696. The Labute approximate surface area is 127 Å². The average molecular weight is 290 g/mol. The molecule has 0 radical (unpaired) electrons. The molecule has 2 rings (SSSR count). The van der Waals surface area contributed by atoms with Crippen molar-refractivity contribution in [3.63, 3.8) is 0 Å². The molecule has 1 aliphatic rings. The van der Waals surface area contributed by atoms with Gasteiger partial charge < -0.3 is 15.0 Å². The van der Waals surface area contributed by atoms with Gasteiger partial charge in [0, 0.05) is 18.7 Å². The third kappa shape index (κ3) is 5.48. The molecule has 4 heteroatoms. The second-order valence-corrected chi connectivity index (χ2v) is 6.17. The quantitative estimate of drug-likeness (QED) is 0.875. The van der Waals surface area contributed by atoms with Crippen molar-refractivity contribution in [2.24, 2.45) is 0 Å². The SMILES string of the molecule is C[C@@H]1CC[C@@H](CCC(=O)Nc2cccc(CN(C)C)c2)O1. The molecule has 0 unspecified atom stereocenters. The van der Waals surface area contributed by atoms with Gasteiger partial charge in [-0.05, 0) is 58.0 Å². The molecule has 1 fully saturated rings. The Morgan fingerprint density at radius 2 is 2.19 bits per heavy atom. The van der Waals surface area contributed by atoms with Crippen LogP contribution >= 0.6 is 0 Å². The molecule has 1 heterocycles. The summed E-state index contributed by atoms with van der Waals surface area (Å²) in [6.45, 7) is 2.97. The summed E-state index contributed by atoms with van der Waals surface area (Å²) < 4.78 is 5.74. The summed E-state index contributed by atoms with van der Waals surface area (Å²) >= 11 is 0. The Morgan fingerprint density at radius 3 is 2.86 bits per heavy atom. The fraction of sp³-hybridized carbons (Fsp3) is 0.588. The zero-order valence-corrected chi connectivity index (χ0v) is 13.3. The first-order valence-electron chi connectivity index (χ1n) is 7.72. The summed E-state index contributed by atoms with van der Waals surface area (Å²) in [7, 11) is 4.07. The van der Waals surface area contributed by atoms with E-state index in [1.165, 1.54) is 5.56 Å². The van der Waals surface area contributed by atoms with Gasteiger partial charge in [0.05, 0.1) is 12.2 Å². The van der Waals surface area contributed by atoms with Crippen LogP contribution in [0.1, 0.15) is 38.2 Å². The Bertz CT molecular complexity index is 474. The van der Waals surface area contributed by atoms with E-state index in [1.807, 2.05) is 32.3 Å². The van der Waals surface area contributed by atoms with Gasteiger partial charge in [-0.3, -0.25) is 4.79 Å². The standard InChI is InChI=1S/C17H26N2O2/c1-13-7-8-16(21-13)9-10-17(20)18-15-6-4-5-14(11-15)12-19(2)3/h4-6,11,13,16H,7-10,12H2,1-3H3,(H,18,20)/t13-,16+/m1/s1. The lowest BCUT2D eigenvalue weighted by molar-refractivity contribution is -0.116. The number of anilines is 1. The van der Waals surface area contributed by atoms with Crippen molar-refractivity contribution in [1.29, 1.82) is 0 Å². The van der Waals surface area contributed by atoms with E-state index in [-0.39, 0.29) is 12.0 Å². The van der Waals surface area contributed by atoms with Crippen LogP contribution in [0.3, 0.4) is 0 Å². The molecule has 21 heavy (non-hydrogen) atoms. The van der Waals surface area contributed by atoms with Crippen molar-refractivity contribution in [3.05, 3.63) is 29.8 Å². The summed E-state index contributed by atoms with van der Waals surface area (Å²) in [5.41, 5.74) is 2.07. The normalized spacial score (nSPS) is 21.7. The molecular formula is C17H26N2O2. The first-order valence-corrected chi connectivity index (χ1v) is 7.72. The maximum Gasteiger partial charge on any atom is 0.224 e. The van der Waals surface area contributed by atoms with Crippen molar-refractivity contribution in [2.45, 2.75) is 51.4 Å². The summed E-state index contributed by atoms with van der Waals surface area (Å²) in [6.07, 6.45) is 4.13. The van der Waals surface area contributed by atoms with Gasteiger partial charge in [0.15, 0.2) is 0 Å². The zero-order valence-electron chi connectivity index (χ0n) is 13.3. The summed E-state index contributed by atoms with van der Waals surface area (Å²) in [4.78, 5) is 14.1. The molecule has 0 bridgehead atoms. The van der Waals surface area contributed by atoms with Gasteiger partial charge in [-0.1, -0.05) is 12.1 Å². The lowest BCUT2D eigenvalue weighted by Crippen LogP contribution is -2.16. The Balaban J connectivity index is 1.79. The average Bonchev–Trinajstić information content (AvgIpc) is 2.82. The van der Waals surface area contributed by atoms with E-state index in [4.69, 9.17) is 4.74 Å². The third-order valence-corrected chi connectivity index (χ3v) is 3.72. The predicted molar refractivity (Wildman–Crippen MR) is 85.3 cm³/mol. The van der Waals surface area contributed by atoms with Crippen LogP contribution in [-0.4, -0.2) is 37.1 Å². The number of nitrogens with one attached hydrogen (secondary N) is 1. The molecule has 4 nitrogen and oxygen atoms in total. The molecule has 1 aromatic carbocycles. The third-order valence-electron chi connectivity index (χ3n) is 3.72. The first-order chi connectivity index (χ1) is 10.0. The van der Waals surface area contributed by atoms with Crippen LogP contribution in [-0.2, 0) is 16.1 Å². The lowest BCUT2D eigenvalue weighted by atomic mass is 10.1. The second kappa shape index (κ2) is 7.57. The van der Waals surface area contributed by atoms with Crippen LogP contribution in [0.15, 0.2) is 24.3 Å². The highest BCUT2D eigenvalue weighted by atomic mass is 16.5. The lowest BCUT2D eigenvalue weighted by Gasteiger charge is -2.13. The molecule has 0 saturated carbocycles. The van der Waals surface area contributed by atoms with E-state index >= 15 is 0 Å². The monoisotopic (exact) mass is 290 g/mol. The maximum absolute atomic E-state index is 12.0. The number of carbonyl (C=O) groups is 1. The first kappa shape index (κ1) is 16.0. The van der Waals surface area contributed by atoms with Gasteiger partial charge in [-0.2, -0.15) is 0 Å². The number of rotatable bonds is 6. The second-order valence-electron chi connectivity index (χ2n) is 6.17. The van der Waals surface area contributed by atoms with E-state index in [0.29, 0.717) is 12.5 Å². The van der Waals surface area contributed by atoms with Gasteiger partial charge in [-0.25, -0.2) is 0 Å². The molecule has 2 atom stereocenters. The van der Waals surface area contributed by atoms with Gasteiger partial charge in [0.25, 0.3) is 0 Å². The smallest absolute Gasteiger partial charge is 0.224 e. The van der Waals surface area contributed by atoms with Crippen LogP contribution in [0.4, 0.5) is 5.69 Å². The molecule has 1 saturated heterocycles. The predicted octanol–water partition coefficient (Wildman–Crippen LogP) is 3.03. The minimum Gasteiger partial charge on any atom is -0.375 e. The Morgan fingerprint density at radius 1 is 1.38 bits per heavy atom. The number of benzene rings is 1. The van der Waals surface area contributed by atoms with Crippen LogP contribution in [0.25, 0.3) is 0 Å². The zero-order chi connectivity index (χ0) is 15.2. The topological polar surface area (TPSA) is 41.6 Å². The van der Waals surface area contributed by atoms with Gasteiger partial charge in [-0.15, -0.1) is 0 Å². The molecule has 1 aliphatic heterocycles. The van der Waals surface area contributed by atoms with Crippen molar-refractivity contribution in [2.75, 3.05) is 19.4 Å². The number of ether oxygens (including phenoxy) is 1. The molecule has 1 N–H and O–H groups in total. The van der Waals surface area contributed by atoms with Crippen LogP contribution in [0.5, 0.6) is 0 Å². The highest BCUT2D eigenvalue weighted by Gasteiger charge is 2.22. The molecule has 1 amide bonds. The van der Waals surface area contributed by atoms with Gasteiger partial charge >= 0.3 is 0 Å². The molecule has 0 aliphatic carbocycles. The fourth-order valence-corrected chi connectivity index (χ4v) is 2.73. The minimum absolute atomic E-state index is 0.0696. The molecular weight excluding hydrogens is 264 g/mol. The molecule has 0 aromatic heterocycles. The van der Waals surface area contributed by atoms with Crippen LogP contribution < -0.4 is 5.32 Å².